The van der Waals surface area contributed by atoms with Gasteiger partial charge in [-0.1, -0.05) is 0 Å². The number of benzene rings is 1. The van der Waals surface area contributed by atoms with E-state index in [1.165, 1.54) is 0 Å². The number of aromatic nitrogens is 1. The van der Waals surface area contributed by atoms with Gasteiger partial charge in [0, 0.05) is 18.3 Å². The summed E-state index contributed by atoms with van der Waals surface area (Å²) >= 11 is 0. The summed E-state index contributed by atoms with van der Waals surface area (Å²) in [5.41, 5.74) is 2.28. The average molecular weight is 284 g/mol. The molecule has 2 aromatic rings. The molecule has 0 unspecified atom stereocenters. The first kappa shape index (κ1) is 13.4. The van der Waals surface area contributed by atoms with Crippen LogP contribution in [0, 0.1) is 0 Å². The van der Waals surface area contributed by atoms with Crippen molar-refractivity contribution in [3.05, 3.63) is 42.1 Å². The van der Waals surface area contributed by atoms with Crippen LogP contribution in [-0.4, -0.2) is 30.6 Å². The third-order valence-corrected chi connectivity index (χ3v) is 3.20. The van der Waals surface area contributed by atoms with E-state index in [2.05, 4.69) is 10.3 Å². The number of nitrogens with zero attached hydrogens (tertiary/aromatic N) is 1. The van der Waals surface area contributed by atoms with Gasteiger partial charge in [0.05, 0.1) is 11.3 Å². The molecule has 0 spiro atoms. The van der Waals surface area contributed by atoms with Crippen molar-refractivity contribution in [1.82, 2.24) is 10.3 Å². The van der Waals surface area contributed by atoms with Crippen LogP contribution in [0.4, 0.5) is 0 Å². The summed E-state index contributed by atoms with van der Waals surface area (Å²) in [5.74, 6) is 1.37. The topological polar surface area (TPSA) is 60.5 Å². The SMILES string of the molecule is CCNC(=O)c1ccc(-c2ccc3c(c2)OCCO3)nc1. The number of hydrogen-bond donors (Lipinski definition) is 1. The fraction of sp³-hybridized carbons (Fsp3) is 0.250. The molecule has 1 aliphatic rings. The van der Waals surface area contributed by atoms with Crippen molar-refractivity contribution in [3.63, 3.8) is 0 Å². The number of hydrogen-bond acceptors (Lipinski definition) is 4. The predicted octanol–water partition coefficient (Wildman–Crippen LogP) is 2.27. The minimum atomic E-state index is -0.112. The number of rotatable bonds is 3. The van der Waals surface area contributed by atoms with Crippen LogP contribution in [0.2, 0.25) is 0 Å². The van der Waals surface area contributed by atoms with Crippen molar-refractivity contribution >= 4 is 5.91 Å². The Morgan fingerprint density at radius 2 is 2.00 bits per heavy atom. The molecule has 3 rings (SSSR count). The largest absolute Gasteiger partial charge is 0.486 e. The minimum Gasteiger partial charge on any atom is -0.486 e. The van der Waals surface area contributed by atoms with Gasteiger partial charge in [0.15, 0.2) is 11.5 Å². The number of carbonyl (C=O) groups excluding carboxylic acids is 1. The van der Waals surface area contributed by atoms with Gasteiger partial charge in [-0.15, -0.1) is 0 Å². The van der Waals surface area contributed by atoms with Gasteiger partial charge >= 0.3 is 0 Å². The highest BCUT2D eigenvalue weighted by molar-refractivity contribution is 5.94. The molecule has 2 heterocycles. The standard InChI is InChI=1S/C16H16N2O3/c1-2-17-16(19)12-3-5-13(18-10-12)11-4-6-14-15(9-11)21-8-7-20-14/h3-6,9-10H,2,7-8H2,1H3,(H,17,19). The average Bonchev–Trinajstić information content (AvgIpc) is 2.55. The first-order valence-electron chi connectivity index (χ1n) is 6.92. The van der Waals surface area contributed by atoms with Crippen LogP contribution >= 0.6 is 0 Å². The molecule has 0 fully saturated rings. The Kier molecular flexibility index (Phi) is 3.73. The Hall–Kier alpha value is -2.56. The van der Waals surface area contributed by atoms with Crippen LogP contribution in [0.1, 0.15) is 17.3 Å². The van der Waals surface area contributed by atoms with Crippen LogP contribution < -0.4 is 14.8 Å². The quantitative estimate of drug-likeness (QED) is 0.939. The molecule has 0 radical (unpaired) electrons. The molecule has 1 aliphatic heterocycles. The van der Waals surface area contributed by atoms with E-state index >= 15 is 0 Å². The van der Waals surface area contributed by atoms with E-state index in [1.807, 2.05) is 31.2 Å². The maximum absolute atomic E-state index is 11.7. The molecule has 1 amide bonds. The lowest BCUT2D eigenvalue weighted by Crippen LogP contribution is -2.22. The van der Waals surface area contributed by atoms with Crippen molar-refractivity contribution in [2.75, 3.05) is 19.8 Å². The Morgan fingerprint density at radius 1 is 1.19 bits per heavy atom. The fourth-order valence-electron chi connectivity index (χ4n) is 2.16. The lowest BCUT2D eigenvalue weighted by molar-refractivity contribution is 0.0955. The van der Waals surface area contributed by atoms with Crippen LogP contribution in [0.3, 0.4) is 0 Å². The van der Waals surface area contributed by atoms with Crippen molar-refractivity contribution < 1.29 is 14.3 Å². The van der Waals surface area contributed by atoms with Crippen LogP contribution in [0.25, 0.3) is 11.3 Å². The van der Waals surface area contributed by atoms with Crippen LogP contribution in [-0.2, 0) is 0 Å². The monoisotopic (exact) mass is 284 g/mol. The summed E-state index contributed by atoms with van der Waals surface area (Å²) in [6.45, 7) is 3.61. The zero-order valence-corrected chi connectivity index (χ0v) is 11.8. The second-order valence-corrected chi connectivity index (χ2v) is 4.65. The lowest BCUT2D eigenvalue weighted by atomic mass is 10.1. The second kappa shape index (κ2) is 5.83. The Bertz CT molecular complexity index is 653. The smallest absolute Gasteiger partial charge is 0.252 e. The highest BCUT2D eigenvalue weighted by atomic mass is 16.6. The Morgan fingerprint density at radius 3 is 2.71 bits per heavy atom. The first-order chi connectivity index (χ1) is 10.3. The molecule has 1 N–H and O–H groups in total. The van der Waals surface area contributed by atoms with Gasteiger partial charge < -0.3 is 14.8 Å². The number of amides is 1. The normalized spacial score (nSPS) is 12.8. The van der Waals surface area contributed by atoms with Gasteiger partial charge in [0.2, 0.25) is 0 Å². The summed E-state index contributed by atoms with van der Waals surface area (Å²) in [6, 6.07) is 9.31. The number of fused-ring (bicyclic) bond motifs is 1. The maximum Gasteiger partial charge on any atom is 0.252 e. The number of ether oxygens (including phenoxy) is 2. The second-order valence-electron chi connectivity index (χ2n) is 4.65. The molecule has 1 aromatic heterocycles. The summed E-state index contributed by atoms with van der Waals surface area (Å²) in [6.07, 6.45) is 1.58. The van der Waals surface area contributed by atoms with Gasteiger partial charge in [-0.05, 0) is 37.3 Å². The molecule has 0 aliphatic carbocycles. The van der Waals surface area contributed by atoms with E-state index in [1.54, 1.807) is 12.3 Å². The highest BCUT2D eigenvalue weighted by Gasteiger charge is 2.13. The lowest BCUT2D eigenvalue weighted by Gasteiger charge is -2.18. The van der Waals surface area contributed by atoms with E-state index in [4.69, 9.17) is 9.47 Å². The van der Waals surface area contributed by atoms with Crippen molar-refractivity contribution in [3.8, 4) is 22.8 Å². The summed E-state index contributed by atoms with van der Waals surface area (Å²) in [7, 11) is 0. The van der Waals surface area contributed by atoms with Crippen molar-refractivity contribution in [1.29, 1.82) is 0 Å². The molecule has 5 heteroatoms. The third kappa shape index (κ3) is 2.81. The fourth-order valence-corrected chi connectivity index (χ4v) is 2.16. The van der Waals surface area contributed by atoms with Gasteiger partial charge in [-0.25, -0.2) is 0 Å². The maximum atomic E-state index is 11.7. The molecule has 0 bridgehead atoms. The van der Waals surface area contributed by atoms with Gasteiger partial charge in [0.1, 0.15) is 13.2 Å². The summed E-state index contributed by atoms with van der Waals surface area (Å²) < 4.78 is 11.1. The minimum absolute atomic E-state index is 0.112. The molecule has 0 saturated heterocycles. The molecule has 0 atom stereocenters. The number of pyridine rings is 1. The first-order valence-corrected chi connectivity index (χ1v) is 6.92. The van der Waals surface area contributed by atoms with Crippen LogP contribution in [0.5, 0.6) is 11.5 Å². The van der Waals surface area contributed by atoms with E-state index in [9.17, 15) is 4.79 Å². The van der Waals surface area contributed by atoms with E-state index in [0.717, 1.165) is 22.8 Å². The van der Waals surface area contributed by atoms with Gasteiger partial charge in [-0.2, -0.15) is 0 Å². The van der Waals surface area contributed by atoms with Gasteiger partial charge in [-0.3, -0.25) is 9.78 Å². The van der Waals surface area contributed by atoms with E-state index < -0.39 is 0 Å². The van der Waals surface area contributed by atoms with Crippen molar-refractivity contribution in [2.45, 2.75) is 6.92 Å². The molecule has 5 nitrogen and oxygen atoms in total. The summed E-state index contributed by atoms with van der Waals surface area (Å²) in [4.78, 5) is 16.0. The summed E-state index contributed by atoms with van der Waals surface area (Å²) in [5, 5.41) is 2.75. The number of nitrogens with one attached hydrogen (secondary N) is 1. The number of carbonyl (C=O) groups is 1. The molecule has 21 heavy (non-hydrogen) atoms. The van der Waals surface area contributed by atoms with Crippen LogP contribution in [0.15, 0.2) is 36.5 Å². The predicted molar refractivity (Wildman–Crippen MR) is 78.7 cm³/mol. The van der Waals surface area contributed by atoms with E-state index in [0.29, 0.717) is 25.3 Å². The highest BCUT2D eigenvalue weighted by Crippen LogP contribution is 2.33. The van der Waals surface area contributed by atoms with Gasteiger partial charge in [0.25, 0.3) is 5.91 Å². The molecule has 108 valence electrons. The molecule has 1 aromatic carbocycles. The zero-order valence-electron chi connectivity index (χ0n) is 11.8. The molecular weight excluding hydrogens is 268 g/mol. The Balaban J connectivity index is 1.85. The van der Waals surface area contributed by atoms with Crippen molar-refractivity contribution in [2.24, 2.45) is 0 Å². The molecular formula is C16H16N2O3. The zero-order chi connectivity index (χ0) is 14.7. The Labute approximate surface area is 122 Å². The third-order valence-electron chi connectivity index (χ3n) is 3.20. The molecule has 0 saturated carbocycles. The van der Waals surface area contributed by atoms with E-state index in [-0.39, 0.29) is 5.91 Å².